The highest BCUT2D eigenvalue weighted by Crippen LogP contribution is 2.65. The fourth-order valence-corrected chi connectivity index (χ4v) is 11.3. The molecule has 0 heterocycles. The van der Waals surface area contributed by atoms with Crippen LogP contribution >= 0.6 is 0 Å². The maximum Gasteiger partial charge on any atom is -0.00206 e. The predicted octanol–water partition coefficient (Wildman–Crippen LogP) is 10.6. The number of hydrogen-bond donors (Lipinski definition) is 0. The summed E-state index contributed by atoms with van der Waals surface area (Å²) in [6, 6.07) is 20.1. The van der Waals surface area contributed by atoms with E-state index in [4.69, 9.17) is 0 Å². The molecule has 8 aliphatic carbocycles. The quantitative estimate of drug-likeness (QED) is 0.222. The summed E-state index contributed by atoms with van der Waals surface area (Å²) in [5.74, 6) is 1.98. The van der Waals surface area contributed by atoms with Crippen molar-refractivity contribution in [3.05, 3.63) is 70.8 Å². The molecule has 0 nitrogen and oxygen atoms in total. The molecule has 0 heteroatoms. The highest BCUT2D eigenvalue weighted by atomic mass is 14.5. The molecule has 0 spiro atoms. The Morgan fingerprint density at radius 1 is 0.487 bits per heavy atom. The molecule has 0 N–H and O–H groups in total. The number of aryl methyl sites for hydroxylation is 2. The van der Waals surface area contributed by atoms with Gasteiger partial charge in [-0.1, -0.05) is 48.5 Å². The molecule has 12 rings (SSSR count). The smallest absolute Gasteiger partial charge is 0.00206 e. The van der Waals surface area contributed by atoms with Crippen LogP contribution in [0.4, 0.5) is 0 Å². The molecule has 8 aliphatic rings. The zero-order chi connectivity index (χ0) is 25.3. The lowest BCUT2D eigenvalue weighted by atomic mass is 9.53. The van der Waals surface area contributed by atoms with Gasteiger partial charge in [-0.25, -0.2) is 0 Å². The summed E-state index contributed by atoms with van der Waals surface area (Å²) in [4.78, 5) is 0. The third-order valence-electron chi connectivity index (χ3n) is 13.2. The van der Waals surface area contributed by atoms with E-state index >= 15 is 0 Å². The van der Waals surface area contributed by atoms with Gasteiger partial charge in [0.1, 0.15) is 0 Å². The topological polar surface area (TPSA) is 0 Å². The van der Waals surface area contributed by atoms with E-state index in [2.05, 4.69) is 48.5 Å². The summed E-state index contributed by atoms with van der Waals surface area (Å²) >= 11 is 0. The zero-order valence-electron chi connectivity index (χ0n) is 23.4. The third-order valence-corrected chi connectivity index (χ3v) is 13.2. The fourth-order valence-electron chi connectivity index (χ4n) is 11.3. The van der Waals surface area contributed by atoms with Gasteiger partial charge < -0.3 is 0 Å². The Kier molecular flexibility index (Phi) is 4.29. The molecular formula is C39H40. The highest BCUT2D eigenvalue weighted by molar-refractivity contribution is 6.21. The summed E-state index contributed by atoms with van der Waals surface area (Å²) < 4.78 is 0. The Morgan fingerprint density at radius 2 is 0.923 bits per heavy atom. The van der Waals surface area contributed by atoms with Crippen molar-refractivity contribution >= 4 is 21.5 Å². The maximum absolute atomic E-state index is 2.59. The van der Waals surface area contributed by atoms with Gasteiger partial charge in [0.05, 0.1) is 0 Å². The highest BCUT2D eigenvalue weighted by Gasteiger charge is 2.49. The van der Waals surface area contributed by atoms with E-state index in [1.54, 1.807) is 66.1 Å². The van der Waals surface area contributed by atoms with Crippen LogP contribution in [-0.2, 0) is 23.7 Å². The molecule has 0 aliphatic heterocycles. The van der Waals surface area contributed by atoms with Crippen molar-refractivity contribution in [1.82, 2.24) is 0 Å². The van der Waals surface area contributed by atoms with E-state index in [-0.39, 0.29) is 0 Å². The Morgan fingerprint density at radius 3 is 1.36 bits per heavy atom. The van der Waals surface area contributed by atoms with E-state index in [0.29, 0.717) is 10.8 Å². The average Bonchev–Trinajstić information content (AvgIpc) is 3.35. The summed E-state index contributed by atoms with van der Waals surface area (Å²) in [6.07, 6.45) is 20.9. The van der Waals surface area contributed by atoms with E-state index in [9.17, 15) is 0 Å². The van der Waals surface area contributed by atoms with Crippen LogP contribution in [0.3, 0.4) is 0 Å². The molecule has 6 saturated carbocycles. The first-order valence-electron chi connectivity index (χ1n) is 16.4. The molecular weight excluding hydrogens is 468 g/mol. The average molecular weight is 509 g/mol. The van der Waals surface area contributed by atoms with Gasteiger partial charge in [-0.05, 0) is 185 Å². The van der Waals surface area contributed by atoms with Crippen molar-refractivity contribution in [2.45, 2.75) is 107 Å². The van der Waals surface area contributed by atoms with Crippen LogP contribution in [0.15, 0.2) is 48.5 Å². The van der Waals surface area contributed by atoms with Crippen molar-refractivity contribution in [3.8, 4) is 22.3 Å². The second kappa shape index (κ2) is 7.57. The van der Waals surface area contributed by atoms with Crippen molar-refractivity contribution < 1.29 is 0 Å². The third kappa shape index (κ3) is 2.72. The predicted molar refractivity (Wildman–Crippen MR) is 164 cm³/mol. The minimum atomic E-state index is 0.367. The number of benzene rings is 4. The largest absolute Gasteiger partial charge is 0.0616 e. The standard InChI is InChI=1S/C39H40/c1-2-7-29-28(6-1)36(38-18-12-24(13-19-38)14-20-38)34-30-10-8-26-4-3-5-27-9-11-31(33(30)32(26)27)35(34)37(29)39-21-15-25(16-22-39)17-23-39/h1-2,6-11,24-25H,3-5,12-23H2. The monoisotopic (exact) mass is 508 g/mol. The molecule has 39 heavy (non-hydrogen) atoms. The molecule has 4 bridgehead atoms. The van der Waals surface area contributed by atoms with E-state index < -0.39 is 0 Å². The Labute approximate surface area is 233 Å². The summed E-state index contributed by atoms with van der Waals surface area (Å²) in [7, 11) is 0. The van der Waals surface area contributed by atoms with Crippen LogP contribution < -0.4 is 0 Å². The van der Waals surface area contributed by atoms with Crippen molar-refractivity contribution in [2.75, 3.05) is 0 Å². The first-order chi connectivity index (χ1) is 19.2. The minimum absolute atomic E-state index is 0.367. The molecule has 0 atom stereocenters. The summed E-state index contributed by atoms with van der Waals surface area (Å²) in [5.41, 5.74) is 14.1. The SMILES string of the molecule is c1ccc2c(C34CCC(CC3)CC4)c3c(c(C45CCC(CC4)CC5)c2c1)-c1ccc2c4c(ccc-3c14)CCC2. The number of hydrogen-bond acceptors (Lipinski definition) is 0. The fraction of sp³-hybridized carbons (Fsp3) is 0.487. The van der Waals surface area contributed by atoms with E-state index in [1.165, 1.54) is 96.3 Å². The van der Waals surface area contributed by atoms with Gasteiger partial charge in [-0.2, -0.15) is 0 Å². The van der Waals surface area contributed by atoms with Crippen LogP contribution in [0.5, 0.6) is 0 Å². The van der Waals surface area contributed by atoms with Crippen molar-refractivity contribution in [2.24, 2.45) is 11.8 Å². The lowest BCUT2D eigenvalue weighted by molar-refractivity contribution is 0.135. The molecule has 196 valence electrons. The van der Waals surface area contributed by atoms with Crippen LogP contribution in [0.1, 0.15) is 106 Å². The van der Waals surface area contributed by atoms with Gasteiger partial charge in [0.25, 0.3) is 0 Å². The Hall–Kier alpha value is -2.60. The van der Waals surface area contributed by atoms with Gasteiger partial charge in [0.2, 0.25) is 0 Å². The van der Waals surface area contributed by atoms with E-state index in [0.717, 1.165) is 11.8 Å². The Bertz CT molecular complexity index is 1550. The number of rotatable bonds is 2. The first-order valence-corrected chi connectivity index (χ1v) is 16.4. The van der Waals surface area contributed by atoms with E-state index in [1.807, 2.05) is 0 Å². The van der Waals surface area contributed by atoms with Crippen LogP contribution in [0.25, 0.3) is 43.8 Å². The number of fused-ring (bicyclic) bond motifs is 10. The second-order valence-corrected chi connectivity index (χ2v) is 14.7. The molecule has 4 aromatic rings. The van der Waals surface area contributed by atoms with Crippen LogP contribution in [-0.4, -0.2) is 0 Å². The maximum atomic E-state index is 2.59. The van der Waals surface area contributed by atoms with Crippen molar-refractivity contribution in [3.63, 3.8) is 0 Å². The lowest BCUT2D eigenvalue weighted by Gasteiger charge is -2.50. The molecule has 0 amide bonds. The first kappa shape index (κ1) is 22.1. The summed E-state index contributed by atoms with van der Waals surface area (Å²) in [5, 5.41) is 6.54. The normalized spacial score (nSPS) is 31.8. The van der Waals surface area contributed by atoms with Gasteiger partial charge in [-0.3, -0.25) is 0 Å². The van der Waals surface area contributed by atoms with Gasteiger partial charge in [0.15, 0.2) is 0 Å². The second-order valence-electron chi connectivity index (χ2n) is 14.7. The molecule has 4 aromatic carbocycles. The summed E-state index contributed by atoms with van der Waals surface area (Å²) in [6.45, 7) is 0. The Balaban J connectivity index is 1.39. The molecule has 0 unspecified atom stereocenters. The molecule has 0 aromatic heterocycles. The van der Waals surface area contributed by atoms with Gasteiger partial charge in [-0.15, -0.1) is 0 Å². The van der Waals surface area contributed by atoms with Crippen LogP contribution in [0, 0.1) is 11.8 Å². The van der Waals surface area contributed by atoms with Crippen molar-refractivity contribution in [1.29, 1.82) is 0 Å². The van der Waals surface area contributed by atoms with Gasteiger partial charge in [0, 0.05) is 0 Å². The zero-order valence-corrected chi connectivity index (χ0v) is 23.4. The molecule has 6 fully saturated rings. The van der Waals surface area contributed by atoms with Gasteiger partial charge >= 0.3 is 0 Å². The minimum Gasteiger partial charge on any atom is -0.0616 e. The molecule has 0 radical (unpaired) electrons. The molecule has 0 saturated heterocycles. The van der Waals surface area contributed by atoms with Crippen LogP contribution in [0.2, 0.25) is 0 Å². The lowest BCUT2D eigenvalue weighted by Crippen LogP contribution is -2.40.